The van der Waals surface area contributed by atoms with Crippen molar-refractivity contribution in [2.75, 3.05) is 7.11 Å². The van der Waals surface area contributed by atoms with Gasteiger partial charge in [-0.1, -0.05) is 42.5 Å². The topological polar surface area (TPSA) is 52.6 Å². The van der Waals surface area contributed by atoms with E-state index in [1.54, 1.807) is 13.4 Å². The molecule has 0 saturated heterocycles. The van der Waals surface area contributed by atoms with E-state index in [-0.39, 0.29) is 6.04 Å². The maximum Gasteiger partial charge on any atom is 0.159 e. The Kier molecular flexibility index (Phi) is 4.28. The van der Waals surface area contributed by atoms with E-state index in [9.17, 15) is 0 Å². The minimum Gasteiger partial charge on any atom is -0.497 e. The fourth-order valence-corrected chi connectivity index (χ4v) is 3.93. The second kappa shape index (κ2) is 7.09. The molecular formula is C24H21N3O2. The SMILES string of the molecule is COc1ccc([C@@H]2CC(c3ccco3)=Nc3c(-c4ccccc4)c(C)nn32)cc1. The summed E-state index contributed by atoms with van der Waals surface area (Å²) in [5.41, 5.74) is 5.24. The van der Waals surface area contributed by atoms with Crippen LogP contribution in [0.1, 0.15) is 29.5 Å². The molecule has 29 heavy (non-hydrogen) atoms. The van der Waals surface area contributed by atoms with E-state index in [0.717, 1.165) is 45.4 Å². The van der Waals surface area contributed by atoms with Crippen molar-refractivity contribution >= 4 is 11.5 Å². The Morgan fingerprint density at radius 2 is 1.79 bits per heavy atom. The molecule has 4 aromatic rings. The predicted octanol–water partition coefficient (Wildman–Crippen LogP) is 5.57. The van der Waals surface area contributed by atoms with Crippen LogP contribution >= 0.6 is 0 Å². The number of methoxy groups -OCH3 is 1. The summed E-state index contributed by atoms with van der Waals surface area (Å²) in [6.45, 7) is 2.04. The third kappa shape index (κ3) is 3.05. The second-order valence-electron chi connectivity index (χ2n) is 7.12. The zero-order valence-electron chi connectivity index (χ0n) is 16.4. The van der Waals surface area contributed by atoms with E-state index >= 15 is 0 Å². The van der Waals surface area contributed by atoms with Crippen molar-refractivity contribution in [2.45, 2.75) is 19.4 Å². The van der Waals surface area contributed by atoms with Gasteiger partial charge < -0.3 is 9.15 Å². The van der Waals surface area contributed by atoms with Gasteiger partial charge in [-0.2, -0.15) is 5.10 Å². The summed E-state index contributed by atoms with van der Waals surface area (Å²) in [5, 5.41) is 4.89. The van der Waals surface area contributed by atoms with Crippen molar-refractivity contribution in [3.63, 3.8) is 0 Å². The maximum absolute atomic E-state index is 5.68. The molecule has 1 aliphatic rings. The largest absolute Gasteiger partial charge is 0.497 e. The quantitative estimate of drug-likeness (QED) is 0.463. The van der Waals surface area contributed by atoms with Gasteiger partial charge in [0.15, 0.2) is 5.82 Å². The molecular weight excluding hydrogens is 362 g/mol. The molecule has 0 aliphatic carbocycles. The lowest BCUT2D eigenvalue weighted by atomic mass is 9.97. The Bertz CT molecular complexity index is 1160. The molecule has 5 nitrogen and oxygen atoms in total. The number of aromatic nitrogens is 2. The predicted molar refractivity (Wildman–Crippen MR) is 113 cm³/mol. The molecule has 1 aliphatic heterocycles. The van der Waals surface area contributed by atoms with Gasteiger partial charge in [-0.3, -0.25) is 0 Å². The molecule has 0 fully saturated rings. The van der Waals surface area contributed by atoms with Crippen molar-refractivity contribution in [1.82, 2.24) is 9.78 Å². The highest BCUT2D eigenvalue weighted by molar-refractivity contribution is 6.02. The fourth-order valence-electron chi connectivity index (χ4n) is 3.93. The Labute approximate surface area is 169 Å². The first-order valence-corrected chi connectivity index (χ1v) is 9.64. The fraction of sp³-hybridized carbons (Fsp3) is 0.167. The van der Waals surface area contributed by atoms with Crippen LogP contribution in [-0.4, -0.2) is 22.6 Å². The standard InChI is InChI=1S/C24H21N3O2/c1-16-23(18-7-4-3-5-8-18)24-25-20(22-9-6-14-29-22)15-21(27(24)26-16)17-10-12-19(28-2)13-11-17/h3-14,21H,15H2,1-2H3/t21-/m0/s1. The monoisotopic (exact) mass is 383 g/mol. The van der Waals surface area contributed by atoms with Gasteiger partial charge in [-0.05, 0) is 42.3 Å². The van der Waals surface area contributed by atoms with Gasteiger partial charge in [0.25, 0.3) is 0 Å². The summed E-state index contributed by atoms with van der Waals surface area (Å²) < 4.78 is 13.1. The lowest BCUT2D eigenvalue weighted by molar-refractivity contribution is 0.414. The first-order chi connectivity index (χ1) is 14.2. The second-order valence-corrected chi connectivity index (χ2v) is 7.12. The van der Waals surface area contributed by atoms with Crippen LogP contribution in [0.4, 0.5) is 5.82 Å². The Morgan fingerprint density at radius 1 is 1.00 bits per heavy atom. The van der Waals surface area contributed by atoms with E-state index < -0.39 is 0 Å². The molecule has 144 valence electrons. The Hall–Kier alpha value is -3.60. The van der Waals surface area contributed by atoms with Gasteiger partial charge in [0.05, 0.1) is 30.8 Å². The molecule has 0 N–H and O–H groups in total. The van der Waals surface area contributed by atoms with Gasteiger partial charge in [0.1, 0.15) is 11.5 Å². The summed E-state index contributed by atoms with van der Waals surface area (Å²) in [4.78, 5) is 4.99. The molecule has 2 aromatic carbocycles. The molecule has 0 spiro atoms. The average Bonchev–Trinajstić information content (AvgIpc) is 3.41. The number of ether oxygens (including phenoxy) is 1. The van der Waals surface area contributed by atoms with E-state index in [1.165, 1.54) is 0 Å². The molecule has 5 heteroatoms. The van der Waals surface area contributed by atoms with Crippen LogP contribution in [0.3, 0.4) is 0 Å². The number of hydrogen-bond acceptors (Lipinski definition) is 4. The van der Waals surface area contributed by atoms with E-state index in [4.69, 9.17) is 19.2 Å². The van der Waals surface area contributed by atoms with Gasteiger partial charge in [-0.25, -0.2) is 9.67 Å². The lowest BCUT2D eigenvalue weighted by Gasteiger charge is -2.24. The van der Waals surface area contributed by atoms with Crippen LogP contribution < -0.4 is 4.74 Å². The highest BCUT2D eigenvalue weighted by Gasteiger charge is 2.30. The third-order valence-electron chi connectivity index (χ3n) is 5.35. The molecule has 0 radical (unpaired) electrons. The van der Waals surface area contributed by atoms with Gasteiger partial charge in [0.2, 0.25) is 0 Å². The Morgan fingerprint density at radius 3 is 2.48 bits per heavy atom. The summed E-state index contributed by atoms with van der Waals surface area (Å²) in [6, 6.07) is 22.4. The number of nitrogens with zero attached hydrogens (tertiary/aromatic N) is 3. The lowest BCUT2D eigenvalue weighted by Crippen LogP contribution is -2.21. The van der Waals surface area contributed by atoms with Crippen molar-refractivity contribution in [2.24, 2.45) is 4.99 Å². The van der Waals surface area contributed by atoms with Crippen LogP contribution in [0.5, 0.6) is 5.75 Å². The first kappa shape index (κ1) is 17.5. The summed E-state index contributed by atoms with van der Waals surface area (Å²) in [7, 11) is 1.68. The van der Waals surface area contributed by atoms with Gasteiger partial charge >= 0.3 is 0 Å². The number of aryl methyl sites for hydroxylation is 1. The number of aliphatic imine (C=N–C) groups is 1. The highest BCUT2D eigenvalue weighted by Crippen LogP contribution is 2.41. The molecule has 3 heterocycles. The zero-order valence-corrected chi connectivity index (χ0v) is 16.4. The van der Waals surface area contributed by atoms with Crippen molar-refractivity contribution in [3.05, 3.63) is 90.0 Å². The van der Waals surface area contributed by atoms with Crippen LogP contribution in [0.25, 0.3) is 11.1 Å². The average molecular weight is 383 g/mol. The first-order valence-electron chi connectivity index (χ1n) is 9.64. The summed E-state index contributed by atoms with van der Waals surface area (Å²) >= 11 is 0. The van der Waals surface area contributed by atoms with E-state index in [0.29, 0.717) is 6.42 Å². The number of hydrogen-bond donors (Lipinski definition) is 0. The zero-order chi connectivity index (χ0) is 19.8. The van der Waals surface area contributed by atoms with Crippen LogP contribution in [0.2, 0.25) is 0 Å². The van der Waals surface area contributed by atoms with Gasteiger partial charge in [0, 0.05) is 12.0 Å². The van der Waals surface area contributed by atoms with Crippen LogP contribution in [0, 0.1) is 6.92 Å². The van der Waals surface area contributed by atoms with E-state index in [2.05, 4.69) is 24.3 Å². The van der Waals surface area contributed by atoms with E-state index in [1.807, 2.05) is 54.1 Å². The number of fused-ring (bicyclic) bond motifs is 1. The third-order valence-corrected chi connectivity index (χ3v) is 5.35. The molecule has 0 unspecified atom stereocenters. The normalized spacial score (nSPS) is 15.7. The molecule has 5 rings (SSSR count). The van der Waals surface area contributed by atoms with Gasteiger partial charge in [-0.15, -0.1) is 0 Å². The molecule has 2 aromatic heterocycles. The number of furan rings is 1. The maximum atomic E-state index is 5.68. The van der Waals surface area contributed by atoms with Crippen LogP contribution in [0.15, 0.2) is 82.4 Å². The van der Waals surface area contributed by atoms with Crippen molar-refractivity contribution in [1.29, 1.82) is 0 Å². The highest BCUT2D eigenvalue weighted by atomic mass is 16.5. The van der Waals surface area contributed by atoms with Crippen LogP contribution in [-0.2, 0) is 0 Å². The molecule has 0 amide bonds. The van der Waals surface area contributed by atoms with Crippen molar-refractivity contribution in [3.8, 4) is 16.9 Å². The number of rotatable bonds is 4. The Balaban J connectivity index is 1.69. The number of benzene rings is 2. The molecule has 0 saturated carbocycles. The summed E-state index contributed by atoms with van der Waals surface area (Å²) in [6.07, 6.45) is 2.40. The van der Waals surface area contributed by atoms with Crippen molar-refractivity contribution < 1.29 is 9.15 Å². The minimum atomic E-state index is 0.0321. The minimum absolute atomic E-state index is 0.0321. The molecule has 1 atom stereocenters. The summed E-state index contributed by atoms with van der Waals surface area (Å²) in [5.74, 6) is 2.51. The smallest absolute Gasteiger partial charge is 0.159 e. The molecule has 0 bridgehead atoms.